The molecule has 0 aromatic heterocycles. The van der Waals surface area contributed by atoms with Crippen molar-refractivity contribution in [2.75, 3.05) is 19.8 Å². The molecule has 0 radical (unpaired) electrons. The van der Waals surface area contributed by atoms with Gasteiger partial charge in [0.2, 0.25) is 5.91 Å². The van der Waals surface area contributed by atoms with E-state index in [4.69, 9.17) is 4.74 Å². The summed E-state index contributed by atoms with van der Waals surface area (Å²) in [6, 6.07) is 8.87. The number of carbonyl (C=O) groups is 1. The van der Waals surface area contributed by atoms with Crippen LogP contribution in [0.25, 0.3) is 0 Å². The average Bonchev–Trinajstić information content (AvgIpc) is 3.10. The minimum atomic E-state index is 0.0889. The lowest BCUT2D eigenvalue weighted by Gasteiger charge is -2.27. The number of nitrogens with zero attached hydrogens (tertiary/aromatic N) is 1. The molecular weight excluding hydrogens is 238 g/mol. The first-order valence-electron chi connectivity index (χ1n) is 7.20. The number of likely N-dealkylation sites (tertiary alicyclic amines) is 1. The Labute approximate surface area is 114 Å². The third kappa shape index (κ3) is 2.52. The molecule has 0 spiro atoms. The predicted octanol–water partition coefficient (Wildman–Crippen LogP) is 2.70. The summed E-state index contributed by atoms with van der Waals surface area (Å²) >= 11 is 0. The van der Waals surface area contributed by atoms with E-state index in [1.807, 2.05) is 0 Å². The summed E-state index contributed by atoms with van der Waals surface area (Å²) in [6.45, 7) is 4.33. The molecule has 2 aliphatic rings. The van der Waals surface area contributed by atoms with E-state index in [0.29, 0.717) is 12.5 Å². The fourth-order valence-electron chi connectivity index (χ4n) is 3.13. The fourth-order valence-corrected chi connectivity index (χ4v) is 3.13. The molecule has 2 heterocycles. The SMILES string of the molecule is Cc1ccc(C2CCCN2C(=O)C2CCOC2)cc1. The second-order valence-electron chi connectivity index (χ2n) is 5.66. The molecule has 2 aliphatic heterocycles. The molecule has 1 aromatic carbocycles. The maximum absolute atomic E-state index is 12.5. The molecule has 0 bridgehead atoms. The number of carbonyl (C=O) groups excluding carboxylic acids is 1. The molecule has 2 unspecified atom stereocenters. The normalized spacial score (nSPS) is 26.9. The van der Waals surface area contributed by atoms with Gasteiger partial charge in [-0.3, -0.25) is 4.79 Å². The van der Waals surface area contributed by atoms with Gasteiger partial charge >= 0.3 is 0 Å². The number of aryl methyl sites for hydroxylation is 1. The Balaban J connectivity index is 1.77. The molecule has 0 N–H and O–H groups in total. The van der Waals surface area contributed by atoms with Crippen molar-refractivity contribution in [3.8, 4) is 0 Å². The number of rotatable bonds is 2. The van der Waals surface area contributed by atoms with Crippen molar-refractivity contribution in [1.82, 2.24) is 4.90 Å². The maximum Gasteiger partial charge on any atom is 0.228 e. The molecule has 102 valence electrons. The van der Waals surface area contributed by atoms with Gasteiger partial charge in [0.15, 0.2) is 0 Å². The maximum atomic E-state index is 12.5. The van der Waals surface area contributed by atoms with Crippen molar-refractivity contribution < 1.29 is 9.53 Å². The molecule has 2 atom stereocenters. The van der Waals surface area contributed by atoms with E-state index >= 15 is 0 Å². The number of hydrogen-bond acceptors (Lipinski definition) is 2. The van der Waals surface area contributed by atoms with Crippen LogP contribution < -0.4 is 0 Å². The third-order valence-corrected chi connectivity index (χ3v) is 4.28. The third-order valence-electron chi connectivity index (χ3n) is 4.28. The second kappa shape index (κ2) is 5.33. The van der Waals surface area contributed by atoms with Gasteiger partial charge in [0, 0.05) is 13.2 Å². The van der Waals surface area contributed by atoms with Gasteiger partial charge in [-0.05, 0) is 31.7 Å². The van der Waals surface area contributed by atoms with Crippen LogP contribution in [0.2, 0.25) is 0 Å². The lowest BCUT2D eigenvalue weighted by Crippen LogP contribution is -2.36. The van der Waals surface area contributed by atoms with E-state index < -0.39 is 0 Å². The topological polar surface area (TPSA) is 29.5 Å². The Morgan fingerprint density at radius 1 is 1.26 bits per heavy atom. The highest BCUT2D eigenvalue weighted by Crippen LogP contribution is 2.34. The van der Waals surface area contributed by atoms with E-state index in [2.05, 4.69) is 36.1 Å². The summed E-state index contributed by atoms with van der Waals surface area (Å²) < 4.78 is 5.35. The average molecular weight is 259 g/mol. The second-order valence-corrected chi connectivity index (χ2v) is 5.66. The van der Waals surface area contributed by atoms with Crippen molar-refractivity contribution in [3.05, 3.63) is 35.4 Å². The van der Waals surface area contributed by atoms with E-state index in [1.54, 1.807) is 0 Å². The molecule has 2 saturated heterocycles. The summed E-state index contributed by atoms with van der Waals surface area (Å²) in [6.07, 6.45) is 3.08. The van der Waals surface area contributed by atoms with Crippen molar-refractivity contribution in [3.63, 3.8) is 0 Å². The Kier molecular flexibility index (Phi) is 3.56. The molecule has 0 saturated carbocycles. The number of benzene rings is 1. The summed E-state index contributed by atoms with van der Waals surface area (Å²) in [5.74, 6) is 0.381. The summed E-state index contributed by atoms with van der Waals surface area (Å²) in [5, 5.41) is 0. The standard InChI is InChI=1S/C16H21NO2/c1-12-4-6-13(7-5-12)15-3-2-9-17(15)16(18)14-8-10-19-11-14/h4-7,14-15H,2-3,8-11H2,1H3. The highest BCUT2D eigenvalue weighted by atomic mass is 16.5. The molecule has 3 rings (SSSR count). The van der Waals surface area contributed by atoms with Crippen molar-refractivity contribution in [2.24, 2.45) is 5.92 Å². The van der Waals surface area contributed by atoms with Gasteiger partial charge in [-0.25, -0.2) is 0 Å². The molecule has 1 amide bonds. The number of amides is 1. The molecule has 3 nitrogen and oxygen atoms in total. The molecule has 19 heavy (non-hydrogen) atoms. The zero-order chi connectivity index (χ0) is 13.2. The van der Waals surface area contributed by atoms with Crippen LogP contribution in [0, 0.1) is 12.8 Å². The van der Waals surface area contributed by atoms with Crippen LogP contribution in [0.15, 0.2) is 24.3 Å². The fraction of sp³-hybridized carbons (Fsp3) is 0.562. The lowest BCUT2D eigenvalue weighted by atomic mass is 10.0. The number of hydrogen-bond donors (Lipinski definition) is 0. The van der Waals surface area contributed by atoms with Crippen molar-refractivity contribution in [2.45, 2.75) is 32.2 Å². The van der Waals surface area contributed by atoms with Crippen LogP contribution >= 0.6 is 0 Å². The van der Waals surface area contributed by atoms with Crippen LogP contribution in [0.4, 0.5) is 0 Å². The zero-order valence-electron chi connectivity index (χ0n) is 11.5. The molecule has 3 heteroatoms. The van der Waals surface area contributed by atoms with Crippen LogP contribution in [-0.4, -0.2) is 30.6 Å². The molecule has 0 aliphatic carbocycles. The van der Waals surface area contributed by atoms with Gasteiger partial charge in [-0.1, -0.05) is 29.8 Å². The Bertz CT molecular complexity index is 448. The molecule has 2 fully saturated rings. The van der Waals surface area contributed by atoms with Crippen LogP contribution in [0.5, 0.6) is 0 Å². The van der Waals surface area contributed by atoms with Crippen LogP contribution in [-0.2, 0) is 9.53 Å². The first-order valence-corrected chi connectivity index (χ1v) is 7.20. The smallest absolute Gasteiger partial charge is 0.228 e. The highest BCUT2D eigenvalue weighted by Gasteiger charge is 2.35. The molecule has 1 aromatic rings. The van der Waals surface area contributed by atoms with Gasteiger partial charge in [-0.15, -0.1) is 0 Å². The Morgan fingerprint density at radius 2 is 2.05 bits per heavy atom. The van der Waals surface area contributed by atoms with Crippen molar-refractivity contribution in [1.29, 1.82) is 0 Å². The minimum Gasteiger partial charge on any atom is -0.381 e. The zero-order valence-corrected chi connectivity index (χ0v) is 11.5. The largest absolute Gasteiger partial charge is 0.381 e. The van der Waals surface area contributed by atoms with Crippen molar-refractivity contribution >= 4 is 5.91 Å². The first kappa shape index (κ1) is 12.7. The summed E-state index contributed by atoms with van der Waals surface area (Å²) in [7, 11) is 0. The van der Waals surface area contributed by atoms with Crippen LogP contribution in [0.3, 0.4) is 0 Å². The summed E-state index contributed by atoms with van der Waals surface area (Å²) in [4.78, 5) is 14.6. The Hall–Kier alpha value is -1.35. The summed E-state index contributed by atoms with van der Waals surface area (Å²) in [5.41, 5.74) is 2.54. The van der Waals surface area contributed by atoms with E-state index in [-0.39, 0.29) is 12.0 Å². The quantitative estimate of drug-likeness (QED) is 0.817. The van der Waals surface area contributed by atoms with Gasteiger partial charge in [-0.2, -0.15) is 0 Å². The lowest BCUT2D eigenvalue weighted by molar-refractivity contribution is -0.136. The van der Waals surface area contributed by atoms with Crippen LogP contribution in [0.1, 0.15) is 36.4 Å². The van der Waals surface area contributed by atoms with Gasteiger partial charge in [0.05, 0.1) is 18.6 Å². The number of ether oxygens (including phenoxy) is 1. The first-order chi connectivity index (χ1) is 9.25. The predicted molar refractivity (Wildman–Crippen MR) is 73.8 cm³/mol. The van der Waals surface area contributed by atoms with Gasteiger partial charge < -0.3 is 9.64 Å². The minimum absolute atomic E-state index is 0.0889. The molecular formula is C16H21NO2. The monoisotopic (exact) mass is 259 g/mol. The van der Waals surface area contributed by atoms with E-state index in [9.17, 15) is 4.79 Å². The van der Waals surface area contributed by atoms with Gasteiger partial charge in [0.1, 0.15) is 0 Å². The van der Waals surface area contributed by atoms with E-state index in [0.717, 1.165) is 32.4 Å². The van der Waals surface area contributed by atoms with E-state index in [1.165, 1.54) is 11.1 Å². The highest BCUT2D eigenvalue weighted by molar-refractivity contribution is 5.80. The Morgan fingerprint density at radius 3 is 2.74 bits per heavy atom. The van der Waals surface area contributed by atoms with Gasteiger partial charge in [0.25, 0.3) is 0 Å².